The van der Waals surface area contributed by atoms with Gasteiger partial charge in [0.25, 0.3) is 0 Å². The molecule has 1 saturated carbocycles. The van der Waals surface area contributed by atoms with Gasteiger partial charge in [0.15, 0.2) is 0 Å². The number of halogens is 1. The maximum atomic E-state index is 6.03. The molecule has 0 radical (unpaired) electrons. The van der Waals surface area contributed by atoms with Crippen LogP contribution in [0.25, 0.3) is 0 Å². The molecule has 1 aromatic rings. The lowest BCUT2D eigenvalue weighted by Crippen LogP contribution is -2.37. The van der Waals surface area contributed by atoms with Gasteiger partial charge in [0, 0.05) is 28.8 Å². The highest BCUT2D eigenvalue weighted by Gasteiger charge is 2.22. The van der Waals surface area contributed by atoms with E-state index >= 15 is 0 Å². The highest BCUT2D eigenvalue weighted by Crippen LogP contribution is 2.31. The first-order chi connectivity index (χ1) is 9.61. The van der Waals surface area contributed by atoms with Crippen molar-refractivity contribution in [2.24, 2.45) is 5.73 Å². The molecule has 2 rings (SSSR count). The van der Waals surface area contributed by atoms with Gasteiger partial charge in [-0.25, -0.2) is 0 Å². The van der Waals surface area contributed by atoms with E-state index in [1.165, 1.54) is 43.4 Å². The summed E-state index contributed by atoms with van der Waals surface area (Å²) in [7, 11) is 0. The molecular weight excluding hydrogens is 312 g/mol. The molecule has 112 valence electrons. The van der Waals surface area contributed by atoms with Gasteiger partial charge in [0.1, 0.15) is 0 Å². The van der Waals surface area contributed by atoms with Crippen LogP contribution in [-0.2, 0) is 6.42 Å². The van der Waals surface area contributed by atoms with Crippen LogP contribution in [0.15, 0.2) is 22.7 Å². The first kappa shape index (κ1) is 15.8. The van der Waals surface area contributed by atoms with E-state index in [4.69, 9.17) is 5.73 Å². The molecule has 0 spiro atoms. The van der Waals surface area contributed by atoms with Crippen LogP contribution in [0.1, 0.15) is 51.5 Å². The van der Waals surface area contributed by atoms with Crippen LogP contribution in [0.4, 0.5) is 5.69 Å². The van der Waals surface area contributed by atoms with E-state index < -0.39 is 0 Å². The second-order valence-corrected chi connectivity index (χ2v) is 6.95. The van der Waals surface area contributed by atoms with E-state index in [1.54, 1.807) is 0 Å². The molecule has 1 aliphatic carbocycles. The summed E-state index contributed by atoms with van der Waals surface area (Å²) in [4.78, 5) is 2.60. The first-order valence-corrected chi connectivity index (χ1v) is 8.71. The number of anilines is 1. The number of hydrogen-bond donors (Lipinski definition) is 1. The van der Waals surface area contributed by atoms with Crippen LogP contribution < -0.4 is 10.6 Å². The maximum Gasteiger partial charge on any atom is 0.0402 e. The van der Waals surface area contributed by atoms with Gasteiger partial charge in [-0.15, -0.1) is 0 Å². The Morgan fingerprint density at radius 2 is 2.00 bits per heavy atom. The van der Waals surface area contributed by atoms with Crippen molar-refractivity contribution in [3.05, 3.63) is 28.2 Å². The Kier molecular flexibility index (Phi) is 5.91. The number of nitrogens with two attached hydrogens (primary N) is 1. The van der Waals surface area contributed by atoms with E-state index in [1.807, 2.05) is 0 Å². The molecule has 3 heteroatoms. The van der Waals surface area contributed by atoms with Crippen LogP contribution in [0.3, 0.4) is 0 Å². The van der Waals surface area contributed by atoms with Crippen LogP contribution in [0, 0.1) is 0 Å². The summed E-state index contributed by atoms with van der Waals surface area (Å²) >= 11 is 3.59. The third-order valence-electron chi connectivity index (χ3n) is 4.25. The lowest BCUT2D eigenvalue weighted by Gasteiger charge is -2.37. The van der Waals surface area contributed by atoms with Gasteiger partial charge in [-0.1, -0.05) is 35.2 Å². The van der Waals surface area contributed by atoms with Crippen molar-refractivity contribution in [1.82, 2.24) is 0 Å². The smallest absolute Gasteiger partial charge is 0.0402 e. The van der Waals surface area contributed by atoms with Crippen molar-refractivity contribution < 1.29 is 0 Å². The molecule has 2 nitrogen and oxygen atoms in total. The Hall–Kier alpha value is -0.540. The largest absolute Gasteiger partial charge is 0.369 e. The number of nitrogens with zero attached hydrogens (tertiary/aromatic N) is 1. The zero-order valence-corrected chi connectivity index (χ0v) is 14.3. The van der Waals surface area contributed by atoms with E-state index in [0.29, 0.717) is 6.04 Å². The zero-order valence-electron chi connectivity index (χ0n) is 12.7. The predicted molar refractivity (Wildman–Crippen MR) is 91.4 cm³/mol. The van der Waals surface area contributed by atoms with Crippen molar-refractivity contribution >= 4 is 21.6 Å². The summed E-state index contributed by atoms with van der Waals surface area (Å²) in [5.74, 6) is 0. The lowest BCUT2D eigenvalue weighted by molar-refractivity contribution is 0.417. The minimum atomic E-state index is 0.202. The standard InChI is InChI=1S/C17H27BrN2/c1-3-20(16-7-5-4-6-8-16)17-10-9-15(18)12-14(17)11-13(2)19/h9-10,12-13,16H,3-8,11,19H2,1-2H3. The molecule has 1 fully saturated rings. The monoisotopic (exact) mass is 338 g/mol. The third kappa shape index (κ3) is 3.98. The van der Waals surface area contributed by atoms with Crippen LogP contribution in [0.2, 0.25) is 0 Å². The molecule has 0 saturated heterocycles. The summed E-state index contributed by atoms with van der Waals surface area (Å²) < 4.78 is 1.15. The van der Waals surface area contributed by atoms with Gasteiger partial charge in [0.05, 0.1) is 0 Å². The maximum absolute atomic E-state index is 6.03. The molecule has 0 aliphatic heterocycles. The van der Waals surface area contributed by atoms with Gasteiger partial charge < -0.3 is 10.6 Å². The quantitative estimate of drug-likeness (QED) is 0.856. The Morgan fingerprint density at radius 3 is 2.60 bits per heavy atom. The molecule has 0 aromatic heterocycles. The van der Waals surface area contributed by atoms with Crippen LogP contribution >= 0.6 is 15.9 Å². The summed E-state index contributed by atoms with van der Waals surface area (Å²) in [6.45, 7) is 5.44. The van der Waals surface area contributed by atoms with Crippen LogP contribution in [-0.4, -0.2) is 18.6 Å². The molecule has 0 heterocycles. The highest BCUT2D eigenvalue weighted by molar-refractivity contribution is 9.10. The molecule has 0 bridgehead atoms. The molecule has 20 heavy (non-hydrogen) atoms. The van der Waals surface area contributed by atoms with Gasteiger partial charge in [0.2, 0.25) is 0 Å². The van der Waals surface area contributed by atoms with Crippen molar-refractivity contribution in [1.29, 1.82) is 0 Å². The summed E-state index contributed by atoms with van der Waals surface area (Å²) in [5.41, 5.74) is 8.80. The molecule has 1 unspecified atom stereocenters. The average Bonchev–Trinajstić information content (AvgIpc) is 2.42. The fourth-order valence-corrected chi connectivity index (χ4v) is 3.77. The number of benzene rings is 1. The normalized spacial score (nSPS) is 18.0. The fourth-order valence-electron chi connectivity index (χ4n) is 3.36. The summed E-state index contributed by atoms with van der Waals surface area (Å²) in [6, 6.07) is 7.57. The number of hydrogen-bond acceptors (Lipinski definition) is 2. The van der Waals surface area contributed by atoms with Crippen molar-refractivity contribution in [3.63, 3.8) is 0 Å². The van der Waals surface area contributed by atoms with Gasteiger partial charge in [-0.3, -0.25) is 0 Å². The fraction of sp³-hybridized carbons (Fsp3) is 0.647. The topological polar surface area (TPSA) is 29.3 Å². The van der Waals surface area contributed by atoms with Gasteiger partial charge in [-0.2, -0.15) is 0 Å². The molecule has 1 aromatic carbocycles. The minimum Gasteiger partial charge on any atom is -0.369 e. The van der Waals surface area contributed by atoms with Crippen molar-refractivity contribution in [3.8, 4) is 0 Å². The lowest BCUT2D eigenvalue weighted by atomic mass is 9.93. The van der Waals surface area contributed by atoms with Crippen LogP contribution in [0.5, 0.6) is 0 Å². The minimum absolute atomic E-state index is 0.202. The highest BCUT2D eigenvalue weighted by atomic mass is 79.9. The molecule has 1 atom stereocenters. The second-order valence-electron chi connectivity index (χ2n) is 6.03. The Labute approximate surface area is 131 Å². The summed E-state index contributed by atoms with van der Waals surface area (Å²) in [6.07, 6.45) is 7.77. The molecule has 1 aliphatic rings. The zero-order chi connectivity index (χ0) is 14.5. The predicted octanol–water partition coefficient (Wildman–Crippen LogP) is 4.50. The molecule has 0 amide bonds. The molecule has 2 N–H and O–H groups in total. The average molecular weight is 339 g/mol. The Balaban J connectivity index is 2.27. The van der Waals surface area contributed by atoms with Gasteiger partial charge >= 0.3 is 0 Å². The van der Waals surface area contributed by atoms with E-state index in [2.05, 4.69) is 52.9 Å². The van der Waals surface area contributed by atoms with E-state index in [9.17, 15) is 0 Å². The number of rotatable bonds is 5. The van der Waals surface area contributed by atoms with Crippen molar-refractivity contribution in [2.75, 3.05) is 11.4 Å². The van der Waals surface area contributed by atoms with Crippen molar-refractivity contribution in [2.45, 2.75) is 64.5 Å². The second kappa shape index (κ2) is 7.46. The van der Waals surface area contributed by atoms with E-state index in [0.717, 1.165) is 17.4 Å². The molecular formula is C17H27BrN2. The first-order valence-electron chi connectivity index (χ1n) is 7.92. The Bertz CT molecular complexity index is 425. The SMILES string of the molecule is CCN(c1ccc(Br)cc1CC(C)N)C1CCCCC1. The van der Waals surface area contributed by atoms with E-state index in [-0.39, 0.29) is 6.04 Å². The van der Waals surface area contributed by atoms with Gasteiger partial charge in [-0.05, 0) is 56.9 Å². The Morgan fingerprint density at radius 1 is 1.30 bits per heavy atom. The summed E-state index contributed by atoms with van der Waals surface area (Å²) in [5, 5.41) is 0. The third-order valence-corrected chi connectivity index (χ3v) is 4.74.